The van der Waals surface area contributed by atoms with Gasteiger partial charge in [-0.3, -0.25) is 0 Å². The molecular formula is C16H16N2OS. The molecule has 0 aliphatic carbocycles. The van der Waals surface area contributed by atoms with Gasteiger partial charge in [0.2, 0.25) is 0 Å². The summed E-state index contributed by atoms with van der Waals surface area (Å²) in [7, 11) is 1.66. The van der Waals surface area contributed by atoms with Crippen molar-refractivity contribution in [3.63, 3.8) is 0 Å². The Morgan fingerprint density at radius 1 is 1.15 bits per heavy atom. The zero-order valence-corrected chi connectivity index (χ0v) is 12.5. The molecule has 3 aromatic rings. The Hall–Kier alpha value is -2.07. The number of aromatic nitrogens is 1. The molecule has 0 bridgehead atoms. The SMILES string of the molecule is COc1ccc(-c2cc(N)c3c(C)c(C)sc3n2)cc1. The standard InChI is InChI=1S/C16H16N2OS/c1-9-10(2)20-16-15(9)13(17)8-14(18-16)11-4-6-12(19-3)7-5-11/h4-8H,1-3H3,(H2,17,18). The molecule has 20 heavy (non-hydrogen) atoms. The second kappa shape index (κ2) is 4.80. The molecule has 0 aliphatic heterocycles. The molecule has 3 rings (SSSR count). The number of hydrogen-bond acceptors (Lipinski definition) is 4. The predicted octanol–water partition coefficient (Wildman–Crippen LogP) is 4.17. The maximum atomic E-state index is 6.21. The first kappa shape index (κ1) is 12.9. The lowest BCUT2D eigenvalue weighted by molar-refractivity contribution is 0.415. The van der Waals surface area contributed by atoms with Gasteiger partial charge in [-0.25, -0.2) is 4.98 Å². The van der Waals surface area contributed by atoms with Crippen molar-refractivity contribution < 1.29 is 4.74 Å². The van der Waals surface area contributed by atoms with E-state index in [0.717, 1.165) is 32.9 Å². The number of hydrogen-bond donors (Lipinski definition) is 1. The molecule has 102 valence electrons. The van der Waals surface area contributed by atoms with E-state index in [0.29, 0.717) is 0 Å². The molecule has 0 unspecified atom stereocenters. The van der Waals surface area contributed by atoms with Crippen LogP contribution in [-0.4, -0.2) is 12.1 Å². The quantitative estimate of drug-likeness (QED) is 0.768. The number of benzene rings is 1. The average molecular weight is 284 g/mol. The minimum absolute atomic E-state index is 0.794. The molecule has 2 aromatic heterocycles. The molecule has 0 radical (unpaired) electrons. The third-order valence-corrected chi connectivity index (χ3v) is 4.66. The molecule has 0 saturated carbocycles. The van der Waals surface area contributed by atoms with E-state index in [4.69, 9.17) is 15.5 Å². The number of nitrogens with zero attached hydrogens (tertiary/aromatic N) is 1. The number of anilines is 1. The van der Waals surface area contributed by atoms with Crippen molar-refractivity contribution in [1.29, 1.82) is 0 Å². The molecule has 1 aromatic carbocycles. The van der Waals surface area contributed by atoms with Crippen LogP contribution in [0.5, 0.6) is 5.75 Å². The van der Waals surface area contributed by atoms with Crippen LogP contribution in [0, 0.1) is 13.8 Å². The maximum Gasteiger partial charge on any atom is 0.126 e. The van der Waals surface area contributed by atoms with Crippen molar-refractivity contribution >= 4 is 27.2 Å². The Morgan fingerprint density at radius 3 is 2.50 bits per heavy atom. The third-order valence-electron chi connectivity index (χ3n) is 3.56. The van der Waals surface area contributed by atoms with Crippen LogP contribution in [-0.2, 0) is 0 Å². The highest BCUT2D eigenvalue weighted by molar-refractivity contribution is 7.18. The summed E-state index contributed by atoms with van der Waals surface area (Å²) in [6, 6.07) is 9.81. The summed E-state index contributed by atoms with van der Waals surface area (Å²) < 4.78 is 5.18. The summed E-state index contributed by atoms with van der Waals surface area (Å²) >= 11 is 1.69. The molecular weight excluding hydrogens is 268 g/mol. The molecule has 3 nitrogen and oxygen atoms in total. The van der Waals surface area contributed by atoms with Crippen LogP contribution in [0.4, 0.5) is 5.69 Å². The predicted molar refractivity (Wildman–Crippen MR) is 85.5 cm³/mol. The number of thiophene rings is 1. The van der Waals surface area contributed by atoms with Crippen molar-refractivity contribution in [2.45, 2.75) is 13.8 Å². The Morgan fingerprint density at radius 2 is 1.85 bits per heavy atom. The van der Waals surface area contributed by atoms with Gasteiger partial charge in [0.05, 0.1) is 12.8 Å². The van der Waals surface area contributed by atoms with Gasteiger partial charge in [0.25, 0.3) is 0 Å². The first-order valence-corrected chi connectivity index (χ1v) is 7.22. The van der Waals surface area contributed by atoms with Gasteiger partial charge in [-0.1, -0.05) is 0 Å². The summed E-state index contributed by atoms with van der Waals surface area (Å²) in [4.78, 5) is 7.02. The van der Waals surface area contributed by atoms with Gasteiger partial charge in [0.1, 0.15) is 10.6 Å². The Bertz CT molecular complexity index is 775. The summed E-state index contributed by atoms with van der Waals surface area (Å²) in [5.41, 5.74) is 10.2. The van der Waals surface area contributed by atoms with Crippen molar-refractivity contribution in [3.05, 3.63) is 40.8 Å². The van der Waals surface area contributed by atoms with Crippen LogP contribution in [0.3, 0.4) is 0 Å². The topological polar surface area (TPSA) is 48.1 Å². The van der Waals surface area contributed by atoms with Gasteiger partial charge in [-0.2, -0.15) is 0 Å². The van der Waals surface area contributed by atoms with Crippen molar-refractivity contribution in [3.8, 4) is 17.0 Å². The second-order valence-electron chi connectivity index (χ2n) is 4.79. The summed E-state index contributed by atoms with van der Waals surface area (Å²) in [6.45, 7) is 4.20. The molecule has 0 atom stereocenters. The smallest absolute Gasteiger partial charge is 0.126 e. The molecule has 0 amide bonds. The van der Waals surface area contributed by atoms with Crippen LogP contribution >= 0.6 is 11.3 Å². The van der Waals surface area contributed by atoms with E-state index in [-0.39, 0.29) is 0 Å². The summed E-state index contributed by atoms with van der Waals surface area (Å²) in [6.07, 6.45) is 0. The van der Waals surface area contributed by atoms with E-state index in [1.54, 1.807) is 18.4 Å². The lowest BCUT2D eigenvalue weighted by atomic mass is 10.1. The fraction of sp³-hybridized carbons (Fsp3) is 0.188. The third kappa shape index (κ3) is 2.02. The van der Waals surface area contributed by atoms with Crippen LogP contribution < -0.4 is 10.5 Å². The van der Waals surface area contributed by atoms with Gasteiger partial charge in [0, 0.05) is 21.5 Å². The molecule has 2 N–H and O–H groups in total. The molecule has 0 saturated heterocycles. The first-order chi connectivity index (χ1) is 9.60. The van der Waals surface area contributed by atoms with E-state index in [9.17, 15) is 0 Å². The first-order valence-electron chi connectivity index (χ1n) is 6.41. The number of pyridine rings is 1. The largest absolute Gasteiger partial charge is 0.497 e. The normalized spacial score (nSPS) is 10.9. The Kier molecular flexibility index (Phi) is 3.10. The highest BCUT2D eigenvalue weighted by Crippen LogP contribution is 2.35. The Balaban J connectivity index is 2.16. The number of ether oxygens (including phenoxy) is 1. The molecule has 0 fully saturated rings. The molecule has 0 aliphatic rings. The zero-order valence-electron chi connectivity index (χ0n) is 11.7. The minimum atomic E-state index is 0.794. The maximum absolute atomic E-state index is 6.21. The number of fused-ring (bicyclic) bond motifs is 1. The number of methoxy groups -OCH3 is 1. The lowest BCUT2D eigenvalue weighted by Gasteiger charge is -2.05. The number of rotatable bonds is 2. The second-order valence-corrected chi connectivity index (χ2v) is 5.99. The fourth-order valence-corrected chi connectivity index (χ4v) is 3.36. The van der Waals surface area contributed by atoms with E-state index >= 15 is 0 Å². The van der Waals surface area contributed by atoms with E-state index in [1.165, 1.54) is 10.4 Å². The lowest BCUT2D eigenvalue weighted by Crippen LogP contribution is -1.91. The van der Waals surface area contributed by atoms with Crippen LogP contribution in [0.25, 0.3) is 21.5 Å². The number of nitrogens with two attached hydrogens (primary N) is 1. The molecule has 2 heterocycles. The van der Waals surface area contributed by atoms with Gasteiger partial charge in [-0.05, 0) is 49.7 Å². The van der Waals surface area contributed by atoms with Crippen molar-refractivity contribution in [2.24, 2.45) is 0 Å². The van der Waals surface area contributed by atoms with E-state index in [2.05, 4.69) is 13.8 Å². The van der Waals surface area contributed by atoms with Gasteiger partial charge in [-0.15, -0.1) is 11.3 Å². The van der Waals surface area contributed by atoms with Gasteiger partial charge >= 0.3 is 0 Å². The summed E-state index contributed by atoms with van der Waals surface area (Å²) in [5.74, 6) is 0.839. The van der Waals surface area contributed by atoms with Crippen LogP contribution in [0.2, 0.25) is 0 Å². The number of aryl methyl sites for hydroxylation is 2. The van der Waals surface area contributed by atoms with Crippen molar-refractivity contribution in [1.82, 2.24) is 4.98 Å². The fourth-order valence-electron chi connectivity index (χ4n) is 2.30. The highest BCUT2D eigenvalue weighted by atomic mass is 32.1. The highest BCUT2D eigenvalue weighted by Gasteiger charge is 2.12. The van der Waals surface area contributed by atoms with E-state index < -0.39 is 0 Å². The minimum Gasteiger partial charge on any atom is -0.497 e. The Labute approximate surface area is 122 Å². The average Bonchev–Trinajstić information content (AvgIpc) is 2.74. The monoisotopic (exact) mass is 284 g/mol. The molecule has 0 spiro atoms. The van der Waals surface area contributed by atoms with Gasteiger partial charge in [0.15, 0.2) is 0 Å². The molecule has 4 heteroatoms. The van der Waals surface area contributed by atoms with Crippen LogP contribution in [0.1, 0.15) is 10.4 Å². The number of nitrogen functional groups attached to an aromatic ring is 1. The van der Waals surface area contributed by atoms with Crippen LogP contribution in [0.15, 0.2) is 30.3 Å². The zero-order chi connectivity index (χ0) is 14.3. The van der Waals surface area contributed by atoms with E-state index in [1.807, 2.05) is 30.3 Å². The van der Waals surface area contributed by atoms with Gasteiger partial charge < -0.3 is 10.5 Å². The summed E-state index contributed by atoms with van der Waals surface area (Å²) in [5, 5.41) is 1.09. The van der Waals surface area contributed by atoms with Crippen molar-refractivity contribution in [2.75, 3.05) is 12.8 Å².